The molecule has 0 saturated carbocycles. The normalized spacial score (nSPS) is 10.8. The van der Waals surface area contributed by atoms with Gasteiger partial charge in [-0.25, -0.2) is 9.97 Å². The van der Waals surface area contributed by atoms with Crippen LogP contribution in [0.15, 0.2) is 40.4 Å². The Bertz CT molecular complexity index is 724. The zero-order valence-corrected chi connectivity index (χ0v) is 12.8. The van der Waals surface area contributed by atoms with Gasteiger partial charge in [0.05, 0.1) is 10.2 Å². The maximum atomic E-state index is 4.34. The SMILES string of the molecule is Cc1csc2c(NCc3ccccc3Br)ncnc12. The molecule has 2 heterocycles. The van der Waals surface area contributed by atoms with E-state index in [0.29, 0.717) is 0 Å². The summed E-state index contributed by atoms with van der Waals surface area (Å²) in [6.07, 6.45) is 1.62. The van der Waals surface area contributed by atoms with E-state index in [9.17, 15) is 0 Å². The van der Waals surface area contributed by atoms with Crippen LogP contribution in [0, 0.1) is 6.92 Å². The van der Waals surface area contributed by atoms with Crippen LogP contribution in [0.1, 0.15) is 11.1 Å². The second-order valence-corrected chi connectivity index (χ2v) is 6.00. The number of aromatic nitrogens is 2. The van der Waals surface area contributed by atoms with E-state index in [1.807, 2.05) is 18.2 Å². The van der Waals surface area contributed by atoms with E-state index in [0.717, 1.165) is 27.1 Å². The van der Waals surface area contributed by atoms with Crippen LogP contribution in [-0.2, 0) is 6.54 Å². The highest BCUT2D eigenvalue weighted by Crippen LogP contribution is 2.29. The van der Waals surface area contributed by atoms with Crippen molar-refractivity contribution in [2.24, 2.45) is 0 Å². The Labute approximate surface area is 123 Å². The van der Waals surface area contributed by atoms with Gasteiger partial charge in [-0.15, -0.1) is 11.3 Å². The van der Waals surface area contributed by atoms with Crippen LogP contribution in [0.3, 0.4) is 0 Å². The lowest BCUT2D eigenvalue weighted by molar-refractivity contribution is 1.10. The number of hydrogen-bond donors (Lipinski definition) is 1. The molecule has 0 aliphatic carbocycles. The highest BCUT2D eigenvalue weighted by Gasteiger charge is 2.08. The molecule has 0 radical (unpaired) electrons. The molecular formula is C14H12BrN3S. The van der Waals surface area contributed by atoms with Crippen molar-refractivity contribution in [3.63, 3.8) is 0 Å². The first-order valence-corrected chi connectivity index (χ1v) is 7.59. The lowest BCUT2D eigenvalue weighted by Crippen LogP contribution is -2.02. The van der Waals surface area contributed by atoms with Crippen molar-refractivity contribution >= 4 is 43.3 Å². The zero-order chi connectivity index (χ0) is 13.2. The number of thiophene rings is 1. The lowest BCUT2D eigenvalue weighted by Gasteiger charge is -2.07. The molecule has 0 spiro atoms. The minimum Gasteiger partial charge on any atom is -0.365 e. The molecule has 0 fully saturated rings. The van der Waals surface area contributed by atoms with Crippen LogP contribution in [-0.4, -0.2) is 9.97 Å². The average molecular weight is 334 g/mol. The van der Waals surface area contributed by atoms with Gasteiger partial charge >= 0.3 is 0 Å². The second-order valence-electron chi connectivity index (χ2n) is 4.26. The second kappa shape index (κ2) is 5.27. The molecule has 0 atom stereocenters. The highest BCUT2D eigenvalue weighted by molar-refractivity contribution is 9.10. The third-order valence-electron chi connectivity index (χ3n) is 2.94. The largest absolute Gasteiger partial charge is 0.365 e. The summed E-state index contributed by atoms with van der Waals surface area (Å²) in [5.74, 6) is 0.902. The standard InChI is InChI=1S/C14H12BrN3S/c1-9-7-19-13-12(9)17-8-18-14(13)16-6-10-4-2-3-5-11(10)15/h2-5,7-8H,6H2,1H3,(H,16,17,18). The van der Waals surface area contributed by atoms with Crippen molar-refractivity contribution < 1.29 is 0 Å². The fourth-order valence-electron chi connectivity index (χ4n) is 1.92. The first-order chi connectivity index (χ1) is 9.25. The summed E-state index contributed by atoms with van der Waals surface area (Å²) in [5, 5.41) is 5.50. The maximum absolute atomic E-state index is 4.34. The predicted molar refractivity (Wildman–Crippen MR) is 83.6 cm³/mol. The third-order valence-corrected chi connectivity index (χ3v) is 4.80. The smallest absolute Gasteiger partial charge is 0.147 e. The minimum atomic E-state index is 0.741. The first kappa shape index (κ1) is 12.6. The number of hydrogen-bond acceptors (Lipinski definition) is 4. The van der Waals surface area contributed by atoms with Crippen LogP contribution >= 0.6 is 27.3 Å². The topological polar surface area (TPSA) is 37.8 Å². The number of aryl methyl sites for hydroxylation is 1. The summed E-state index contributed by atoms with van der Waals surface area (Å²) in [7, 11) is 0. The Morgan fingerprint density at radius 3 is 2.95 bits per heavy atom. The summed E-state index contributed by atoms with van der Waals surface area (Å²) in [6, 6.07) is 8.18. The number of nitrogens with one attached hydrogen (secondary N) is 1. The molecule has 19 heavy (non-hydrogen) atoms. The van der Waals surface area contributed by atoms with Gasteiger partial charge in [0, 0.05) is 11.0 Å². The molecule has 0 aliphatic rings. The molecule has 0 unspecified atom stereocenters. The fraction of sp³-hybridized carbons (Fsp3) is 0.143. The van der Waals surface area contributed by atoms with Gasteiger partial charge in [-0.2, -0.15) is 0 Å². The Morgan fingerprint density at radius 2 is 2.11 bits per heavy atom. The molecule has 0 amide bonds. The van der Waals surface area contributed by atoms with E-state index in [2.05, 4.69) is 49.6 Å². The van der Waals surface area contributed by atoms with E-state index < -0.39 is 0 Å². The maximum Gasteiger partial charge on any atom is 0.147 e. The quantitative estimate of drug-likeness (QED) is 0.773. The van der Waals surface area contributed by atoms with Crippen LogP contribution < -0.4 is 5.32 Å². The molecule has 0 bridgehead atoms. The molecule has 3 aromatic rings. The molecule has 1 aromatic carbocycles. The van der Waals surface area contributed by atoms with Crippen molar-refractivity contribution in [3.05, 3.63) is 51.6 Å². The molecule has 1 N–H and O–H groups in total. The zero-order valence-electron chi connectivity index (χ0n) is 10.4. The van der Waals surface area contributed by atoms with Crippen molar-refractivity contribution in [1.82, 2.24) is 9.97 Å². The van der Waals surface area contributed by atoms with E-state index in [1.165, 1.54) is 11.1 Å². The Hall–Kier alpha value is -1.46. The molecule has 2 aromatic heterocycles. The van der Waals surface area contributed by atoms with Gasteiger partial charge in [0.1, 0.15) is 12.1 Å². The van der Waals surface area contributed by atoms with Crippen LogP contribution in [0.25, 0.3) is 10.2 Å². The van der Waals surface area contributed by atoms with Gasteiger partial charge in [-0.05, 0) is 29.5 Å². The number of anilines is 1. The van der Waals surface area contributed by atoms with Crippen molar-refractivity contribution in [3.8, 4) is 0 Å². The monoisotopic (exact) mass is 333 g/mol. The van der Waals surface area contributed by atoms with Gasteiger partial charge in [0.25, 0.3) is 0 Å². The molecule has 3 rings (SSSR count). The molecule has 3 nitrogen and oxygen atoms in total. The Morgan fingerprint density at radius 1 is 1.26 bits per heavy atom. The van der Waals surface area contributed by atoms with Crippen molar-refractivity contribution in [1.29, 1.82) is 0 Å². The molecule has 0 aliphatic heterocycles. The van der Waals surface area contributed by atoms with Gasteiger partial charge in [-0.3, -0.25) is 0 Å². The highest BCUT2D eigenvalue weighted by atomic mass is 79.9. The Balaban J connectivity index is 1.88. The van der Waals surface area contributed by atoms with E-state index in [-0.39, 0.29) is 0 Å². The number of fused-ring (bicyclic) bond motifs is 1. The lowest BCUT2D eigenvalue weighted by atomic mass is 10.2. The number of rotatable bonds is 3. The number of nitrogens with zero attached hydrogens (tertiary/aromatic N) is 2. The van der Waals surface area contributed by atoms with E-state index >= 15 is 0 Å². The summed E-state index contributed by atoms with van der Waals surface area (Å²) in [5.41, 5.74) is 3.45. The van der Waals surface area contributed by atoms with Gasteiger partial charge in [-0.1, -0.05) is 34.1 Å². The van der Waals surface area contributed by atoms with Crippen molar-refractivity contribution in [2.45, 2.75) is 13.5 Å². The fourth-order valence-corrected chi connectivity index (χ4v) is 3.31. The van der Waals surface area contributed by atoms with Gasteiger partial charge < -0.3 is 5.32 Å². The predicted octanol–water partition coefficient (Wildman–Crippen LogP) is 4.37. The molecular weight excluding hydrogens is 322 g/mol. The van der Waals surface area contributed by atoms with E-state index in [1.54, 1.807) is 17.7 Å². The van der Waals surface area contributed by atoms with Crippen LogP contribution in [0.2, 0.25) is 0 Å². The first-order valence-electron chi connectivity index (χ1n) is 5.92. The van der Waals surface area contributed by atoms with Crippen LogP contribution in [0.4, 0.5) is 5.82 Å². The molecule has 96 valence electrons. The number of benzene rings is 1. The summed E-state index contributed by atoms with van der Waals surface area (Å²) < 4.78 is 2.22. The van der Waals surface area contributed by atoms with Crippen LogP contribution in [0.5, 0.6) is 0 Å². The molecule has 0 saturated heterocycles. The average Bonchev–Trinajstić information content (AvgIpc) is 2.81. The summed E-state index contributed by atoms with van der Waals surface area (Å²) in [4.78, 5) is 8.66. The summed E-state index contributed by atoms with van der Waals surface area (Å²) in [6.45, 7) is 2.81. The number of halogens is 1. The minimum absolute atomic E-state index is 0.741. The molecule has 5 heteroatoms. The van der Waals surface area contributed by atoms with Gasteiger partial charge in [0.2, 0.25) is 0 Å². The third kappa shape index (κ3) is 2.48. The Kier molecular flexibility index (Phi) is 3.48. The summed E-state index contributed by atoms with van der Waals surface area (Å²) >= 11 is 5.23. The van der Waals surface area contributed by atoms with Gasteiger partial charge in [0.15, 0.2) is 0 Å². The van der Waals surface area contributed by atoms with Crippen molar-refractivity contribution in [2.75, 3.05) is 5.32 Å². The van der Waals surface area contributed by atoms with E-state index in [4.69, 9.17) is 0 Å².